The van der Waals surface area contributed by atoms with Crippen molar-refractivity contribution in [3.63, 3.8) is 0 Å². The van der Waals surface area contributed by atoms with Gasteiger partial charge >= 0.3 is 0 Å². The van der Waals surface area contributed by atoms with Crippen LogP contribution < -0.4 is 0 Å². The Labute approximate surface area is 79.7 Å². The lowest BCUT2D eigenvalue weighted by atomic mass is 9.87. The van der Waals surface area contributed by atoms with E-state index >= 15 is 0 Å². The maximum Gasteiger partial charge on any atom is 0.0519 e. The molecule has 0 N–H and O–H groups in total. The topological polar surface area (TPSA) is 9.23 Å². The normalized spacial score (nSPS) is 19.5. The number of hydrogen-bond acceptors (Lipinski definition) is 1. The van der Waals surface area contributed by atoms with E-state index in [1.54, 1.807) is 0 Å². The molecule has 0 saturated carbocycles. The van der Waals surface area contributed by atoms with Crippen molar-refractivity contribution < 1.29 is 4.74 Å². The summed E-state index contributed by atoms with van der Waals surface area (Å²) < 4.78 is 5.19. The molecule has 1 aliphatic heterocycles. The summed E-state index contributed by atoms with van der Waals surface area (Å²) in [5.41, 5.74) is 1.41. The first-order valence-corrected chi connectivity index (χ1v) is 4.89. The molecule has 1 unspecified atom stereocenters. The van der Waals surface area contributed by atoms with Crippen molar-refractivity contribution in [1.82, 2.24) is 0 Å². The lowest BCUT2D eigenvalue weighted by Gasteiger charge is -2.31. The van der Waals surface area contributed by atoms with Crippen LogP contribution in [0.15, 0.2) is 24.3 Å². The van der Waals surface area contributed by atoms with Crippen LogP contribution in [0.25, 0.3) is 0 Å². The van der Waals surface area contributed by atoms with Gasteiger partial charge < -0.3 is 4.74 Å². The third-order valence-electron chi connectivity index (χ3n) is 2.81. The Morgan fingerprint density at radius 2 is 2.15 bits per heavy atom. The SMILES string of the molecule is CC(Cc1cc[c]cc1)C1COC1. The molecule has 1 heterocycles. The Morgan fingerprint density at radius 1 is 1.46 bits per heavy atom. The predicted molar refractivity (Wildman–Crippen MR) is 52.5 cm³/mol. The number of ether oxygens (including phenoxy) is 1. The van der Waals surface area contributed by atoms with Gasteiger partial charge in [-0.2, -0.15) is 0 Å². The van der Waals surface area contributed by atoms with E-state index in [4.69, 9.17) is 4.74 Å². The second-order valence-corrected chi connectivity index (χ2v) is 3.89. The highest BCUT2D eigenvalue weighted by molar-refractivity contribution is 5.14. The van der Waals surface area contributed by atoms with Crippen molar-refractivity contribution in [2.45, 2.75) is 13.3 Å². The van der Waals surface area contributed by atoms with E-state index in [1.165, 1.54) is 12.0 Å². The molecule has 1 aliphatic rings. The first kappa shape index (κ1) is 8.76. The minimum atomic E-state index is 0.746. The lowest BCUT2D eigenvalue weighted by molar-refractivity contribution is -0.0568. The first-order valence-electron chi connectivity index (χ1n) is 4.89. The van der Waals surface area contributed by atoms with Gasteiger partial charge in [-0.05, 0) is 24.0 Å². The molecule has 1 nitrogen and oxygen atoms in total. The zero-order valence-corrected chi connectivity index (χ0v) is 7.99. The first-order chi connectivity index (χ1) is 6.36. The van der Waals surface area contributed by atoms with Crippen molar-refractivity contribution in [3.05, 3.63) is 35.9 Å². The van der Waals surface area contributed by atoms with Gasteiger partial charge in [0, 0.05) is 5.92 Å². The Hall–Kier alpha value is -0.820. The van der Waals surface area contributed by atoms with Gasteiger partial charge in [0.2, 0.25) is 0 Å². The van der Waals surface area contributed by atoms with E-state index in [2.05, 4.69) is 25.1 Å². The van der Waals surface area contributed by atoms with Crippen LogP contribution >= 0.6 is 0 Å². The largest absolute Gasteiger partial charge is 0.381 e. The van der Waals surface area contributed by atoms with Crippen LogP contribution in [0.4, 0.5) is 0 Å². The fourth-order valence-electron chi connectivity index (χ4n) is 1.68. The second kappa shape index (κ2) is 3.93. The Morgan fingerprint density at radius 3 is 2.69 bits per heavy atom. The molecule has 2 rings (SSSR count). The highest BCUT2D eigenvalue weighted by Crippen LogP contribution is 2.23. The van der Waals surface area contributed by atoms with E-state index < -0.39 is 0 Å². The molecule has 0 amide bonds. The van der Waals surface area contributed by atoms with Crippen LogP contribution in [0.1, 0.15) is 12.5 Å². The molecule has 1 fully saturated rings. The zero-order valence-electron chi connectivity index (χ0n) is 7.99. The van der Waals surface area contributed by atoms with Gasteiger partial charge in [-0.15, -0.1) is 0 Å². The van der Waals surface area contributed by atoms with Gasteiger partial charge in [0.05, 0.1) is 13.2 Å². The monoisotopic (exact) mass is 175 g/mol. The zero-order chi connectivity index (χ0) is 9.10. The molecule has 1 heteroatoms. The molecular weight excluding hydrogens is 160 g/mol. The highest BCUT2D eigenvalue weighted by atomic mass is 16.5. The third kappa shape index (κ3) is 2.10. The Balaban J connectivity index is 1.90. The van der Waals surface area contributed by atoms with Crippen molar-refractivity contribution >= 4 is 0 Å². The van der Waals surface area contributed by atoms with Gasteiger partial charge in [0.1, 0.15) is 0 Å². The Bertz CT molecular complexity index is 251. The molecule has 0 aromatic heterocycles. The van der Waals surface area contributed by atoms with Crippen LogP contribution in [-0.4, -0.2) is 13.2 Å². The number of benzene rings is 1. The summed E-state index contributed by atoms with van der Waals surface area (Å²) >= 11 is 0. The van der Waals surface area contributed by atoms with Gasteiger partial charge in [-0.25, -0.2) is 0 Å². The minimum Gasteiger partial charge on any atom is -0.381 e. The van der Waals surface area contributed by atoms with Crippen LogP contribution in [0.5, 0.6) is 0 Å². The standard InChI is InChI=1S/C12H15O/c1-10(12-8-13-9-12)7-11-5-3-2-4-6-11/h3-6,10,12H,7-9H2,1H3. The summed E-state index contributed by atoms with van der Waals surface area (Å²) in [4.78, 5) is 0. The lowest BCUT2D eigenvalue weighted by Crippen LogP contribution is -2.33. The van der Waals surface area contributed by atoms with Crippen molar-refractivity contribution in [2.75, 3.05) is 13.2 Å². The molecule has 69 valence electrons. The highest BCUT2D eigenvalue weighted by Gasteiger charge is 2.24. The molecule has 1 atom stereocenters. The summed E-state index contributed by atoms with van der Waals surface area (Å²) in [5.74, 6) is 1.53. The average molecular weight is 175 g/mol. The third-order valence-corrected chi connectivity index (χ3v) is 2.81. The van der Waals surface area contributed by atoms with Crippen molar-refractivity contribution in [2.24, 2.45) is 11.8 Å². The Kier molecular flexibility index (Phi) is 2.65. The molecule has 13 heavy (non-hydrogen) atoms. The van der Waals surface area contributed by atoms with E-state index in [0.717, 1.165) is 25.0 Å². The molecule has 1 saturated heterocycles. The van der Waals surface area contributed by atoms with Gasteiger partial charge in [-0.3, -0.25) is 0 Å². The van der Waals surface area contributed by atoms with Crippen LogP contribution in [0.2, 0.25) is 0 Å². The van der Waals surface area contributed by atoms with E-state index in [9.17, 15) is 0 Å². The van der Waals surface area contributed by atoms with Crippen LogP contribution in [-0.2, 0) is 11.2 Å². The van der Waals surface area contributed by atoms with E-state index in [-0.39, 0.29) is 0 Å². The fraction of sp³-hybridized carbons (Fsp3) is 0.500. The maximum atomic E-state index is 5.19. The molecule has 1 radical (unpaired) electrons. The van der Waals surface area contributed by atoms with Crippen molar-refractivity contribution in [3.8, 4) is 0 Å². The van der Waals surface area contributed by atoms with E-state index in [0.29, 0.717) is 0 Å². The maximum absolute atomic E-state index is 5.19. The predicted octanol–water partition coefficient (Wildman–Crippen LogP) is 2.31. The smallest absolute Gasteiger partial charge is 0.0519 e. The summed E-state index contributed by atoms with van der Waals surface area (Å²) in [6, 6.07) is 11.3. The summed E-state index contributed by atoms with van der Waals surface area (Å²) in [5, 5.41) is 0. The molecule has 1 aromatic rings. The van der Waals surface area contributed by atoms with Gasteiger partial charge in [0.25, 0.3) is 0 Å². The van der Waals surface area contributed by atoms with Gasteiger partial charge in [-0.1, -0.05) is 31.2 Å². The number of hydrogen-bond donors (Lipinski definition) is 0. The second-order valence-electron chi connectivity index (χ2n) is 3.89. The summed E-state index contributed by atoms with van der Waals surface area (Å²) in [6.07, 6.45) is 1.17. The van der Waals surface area contributed by atoms with Crippen LogP contribution in [0, 0.1) is 17.9 Å². The van der Waals surface area contributed by atoms with Gasteiger partial charge in [0.15, 0.2) is 0 Å². The van der Waals surface area contributed by atoms with Crippen molar-refractivity contribution in [1.29, 1.82) is 0 Å². The molecular formula is C12H15O. The fourth-order valence-corrected chi connectivity index (χ4v) is 1.68. The molecule has 0 spiro atoms. The molecule has 0 bridgehead atoms. The van der Waals surface area contributed by atoms with Crippen LogP contribution in [0.3, 0.4) is 0 Å². The molecule has 1 aromatic carbocycles. The minimum absolute atomic E-state index is 0.746. The quantitative estimate of drug-likeness (QED) is 0.685. The summed E-state index contributed by atoms with van der Waals surface area (Å²) in [7, 11) is 0. The average Bonchev–Trinajstić information content (AvgIpc) is 2.02. The van der Waals surface area contributed by atoms with E-state index in [1.807, 2.05) is 12.1 Å². The number of rotatable bonds is 3. The molecule has 0 aliphatic carbocycles. The summed E-state index contributed by atoms with van der Waals surface area (Å²) in [6.45, 7) is 4.23.